The number of benzene rings is 1. The number of amides is 2. The van der Waals surface area contributed by atoms with E-state index in [9.17, 15) is 4.79 Å². The van der Waals surface area contributed by atoms with Gasteiger partial charge in [0, 0.05) is 83.4 Å². The van der Waals surface area contributed by atoms with Crippen LogP contribution in [0.4, 0.5) is 16.2 Å². The lowest BCUT2D eigenvalue weighted by atomic mass is 10.0. The summed E-state index contributed by atoms with van der Waals surface area (Å²) in [6.45, 7) is 10.2. The quantitative estimate of drug-likeness (QED) is 0.801. The van der Waals surface area contributed by atoms with Crippen molar-refractivity contribution in [1.82, 2.24) is 15.1 Å². The molecule has 0 spiro atoms. The minimum atomic E-state index is 0.0144. The average Bonchev–Trinajstić information content (AvgIpc) is 3.19. The fourth-order valence-corrected chi connectivity index (χ4v) is 4.64. The van der Waals surface area contributed by atoms with Crippen LogP contribution in [0.5, 0.6) is 0 Å². The van der Waals surface area contributed by atoms with E-state index in [4.69, 9.17) is 4.74 Å². The topological polar surface area (TPSA) is 51.3 Å². The van der Waals surface area contributed by atoms with E-state index in [2.05, 4.69) is 38.2 Å². The van der Waals surface area contributed by atoms with Crippen molar-refractivity contribution in [1.29, 1.82) is 0 Å². The van der Waals surface area contributed by atoms with E-state index in [-0.39, 0.29) is 6.03 Å². The second kappa shape index (κ2) is 9.11. The zero-order valence-corrected chi connectivity index (χ0v) is 17.0. The first-order valence-corrected chi connectivity index (χ1v) is 10.6. The second-order valence-corrected chi connectivity index (χ2v) is 7.99. The highest BCUT2D eigenvalue weighted by Gasteiger charge is 2.28. The smallest absolute Gasteiger partial charge is 0.321 e. The summed E-state index contributed by atoms with van der Waals surface area (Å²) in [6.07, 6.45) is 2.43. The molecule has 3 aliphatic heterocycles. The molecule has 1 aromatic rings. The molecule has 4 rings (SSSR count). The molecule has 3 aliphatic rings. The van der Waals surface area contributed by atoms with Gasteiger partial charge in [-0.2, -0.15) is 0 Å². The van der Waals surface area contributed by atoms with E-state index >= 15 is 0 Å². The largest absolute Gasteiger partial charge is 0.383 e. The maximum absolute atomic E-state index is 11.9. The first-order valence-electron chi connectivity index (χ1n) is 10.6. The molecule has 0 aromatic heterocycles. The van der Waals surface area contributed by atoms with Gasteiger partial charge in [0.1, 0.15) is 0 Å². The highest BCUT2D eigenvalue weighted by molar-refractivity contribution is 5.94. The van der Waals surface area contributed by atoms with Gasteiger partial charge in [-0.15, -0.1) is 0 Å². The molecular weight excluding hydrogens is 354 g/mol. The molecule has 154 valence electrons. The standard InChI is InChI=1S/C21H33N5O2/c1-28-16-15-23-11-13-25(14-12-23)18-5-8-24(9-6-18)19-3-2-4-20(17-19)26-10-7-22-21(26)27/h2-4,17-18H,5-16H2,1H3,(H,22,27). The Kier molecular flexibility index (Phi) is 6.34. The molecule has 0 radical (unpaired) electrons. The molecule has 0 unspecified atom stereocenters. The van der Waals surface area contributed by atoms with Crippen LogP contribution in [0.15, 0.2) is 24.3 Å². The van der Waals surface area contributed by atoms with E-state index in [1.807, 2.05) is 11.0 Å². The number of anilines is 2. The van der Waals surface area contributed by atoms with Gasteiger partial charge in [0.25, 0.3) is 0 Å². The van der Waals surface area contributed by atoms with Crippen LogP contribution in [0, 0.1) is 0 Å². The monoisotopic (exact) mass is 387 g/mol. The van der Waals surface area contributed by atoms with Gasteiger partial charge >= 0.3 is 6.03 Å². The number of nitrogens with one attached hydrogen (secondary N) is 1. The number of nitrogens with zero attached hydrogens (tertiary/aromatic N) is 4. The zero-order chi connectivity index (χ0) is 19.3. The molecule has 1 N–H and O–H groups in total. The summed E-state index contributed by atoms with van der Waals surface area (Å²) in [5.74, 6) is 0. The van der Waals surface area contributed by atoms with E-state index in [0.29, 0.717) is 6.04 Å². The van der Waals surface area contributed by atoms with Crippen LogP contribution >= 0.6 is 0 Å². The molecule has 3 fully saturated rings. The number of piperidine rings is 1. The van der Waals surface area contributed by atoms with Crippen molar-refractivity contribution in [2.24, 2.45) is 0 Å². The normalized spacial score (nSPS) is 22.7. The number of carbonyl (C=O) groups excluding carboxylic acids is 1. The highest BCUT2D eigenvalue weighted by Crippen LogP contribution is 2.27. The number of piperazine rings is 1. The third kappa shape index (κ3) is 4.42. The predicted molar refractivity (Wildman–Crippen MR) is 112 cm³/mol. The fourth-order valence-electron chi connectivity index (χ4n) is 4.64. The summed E-state index contributed by atoms with van der Waals surface area (Å²) >= 11 is 0. The van der Waals surface area contributed by atoms with Gasteiger partial charge in [-0.25, -0.2) is 4.79 Å². The van der Waals surface area contributed by atoms with Crippen molar-refractivity contribution >= 4 is 17.4 Å². The van der Waals surface area contributed by atoms with Gasteiger partial charge < -0.3 is 15.0 Å². The van der Waals surface area contributed by atoms with Gasteiger partial charge in [0.05, 0.1) is 6.61 Å². The summed E-state index contributed by atoms with van der Waals surface area (Å²) in [7, 11) is 1.78. The average molecular weight is 388 g/mol. The molecule has 7 nitrogen and oxygen atoms in total. The minimum absolute atomic E-state index is 0.0144. The lowest BCUT2D eigenvalue weighted by molar-refractivity contribution is 0.0672. The first-order chi connectivity index (χ1) is 13.7. The van der Waals surface area contributed by atoms with Crippen molar-refractivity contribution in [2.45, 2.75) is 18.9 Å². The van der Waals surface area contributed by atoms with Crippen LogP contribution in [0.1, 0.15) is 12.8 Å². The van der Waals surface area contributed by atoms with Crippen molar-refractivity contribution in [2.75, 3.05) is 82.4 Å². The highest BCUT2D eigenvalue weighted by atomic mass is 16.5. The lowest BCUT2D eigenvalue weighted by Gasteiger charge is -2.43. The fraction of sp³-hybridized carbons (Fsp3) is 0.667. The van der Waals surface area contributed by atoms with Gasteiger partial charge in [0.15, 0.2) is 0 Å². The molecule has 0 atom stereocenters. The molecule has 0 aliphatic carbocycles. The van der Waals surface area contributed by atoms with E-state index < -0.39 is 0 Å². The van der Waals surface area contributed by atoms with Crippen molar-refractivity contribution < 1.29 is 9.53 Å². The first kappa shape index (κ1) is 19.5. The number of hydrogen-bond acceptors (Lipinski definition) is 5. The zero-order valence-electron chi connectivity index (χ0n) is 17.0. The van der Waals surface area contributed by atoms with Crippen LogP contribution in [0.25, 0.3) is 0 Å². The number of hydrogen-bond donors (Lipinski definition) is 1. The number of rotatable bonds is 6. The SMILES string of the molecule is COCCN1CCN(C2CCN(c3cccc(N4CCNC4=O)c3)CC2)CC1. The summed E-state index contributed by atoms with van der Waals surface area (Å²) in [6, 6.07) is 9.16. The number of methoxy groups -OCH3 is 1. The van der Waals surface area contributed by atoms with Crippen molar-refractivity contribution in [3.63, 3.8) is 0 Å². The Morgan fingerprint density at radius 2 is 1.79 bits per heavy atom. The maximum Gasteiger partial charge on any atom is 0.321 e. The number of ether oxygens (including phenoxy) is 1. The Morgan fingerprint density at radius 1 is 1.04 bits per heavy atom. The molecule has 7 heteroatoms. The Morgan fingerprint density at radius 3 is 2.46 bits per heavy atom. The van der Waals surface area contributed by atoms with Gasteiger partial charge in [-0.1, -0.05) is 6.07 Å². The number of urea groups is 1. The van der Waals surface area contributed by atoms with Gasteiger partial charge in [-0.05, 0) is 31.0 Å². The van der Waals surface area contributed by atoms with Gasteiger partial charge in [-0.3, -0.25) is 14.7 Å². The summed E-state index contributed by atoms with van der Waals surface area (Å²) in [4.78, 5) is 21.4. The van der Waals surface area contributed by atoms with Crippen LogP contribution in [-0.4, -0.2) is 94.5 Å². The third-order valence-corrected chi connectivity index (χ3v) is 6.36. The lowest BCUT2D eigenvalue weighted by Crippen LogP contribution is -2.53. The maximum atomic E-state index is 11.9. The molecular formula is C21H33N5O2. The molecule has 1 aromatic carbocycles. The van der Waals surface area contributed by atoms with E-state index in [1.165, 1.54) is 31.6 Å². The Hall–Kier alpha value is -1.83. The molecule has 0 bridgehead atoms. The summed E-state index contributed by atoms with van der Waals surface area (Å²) in [5, 5.41) is 2.88. The van der Waals surface area contributed by atoms with Crippen LogP contribution < -0.4 is 15.1 Å². The minimum Gasteiger partial charge on any atom is -0.383 e. The van der Waals surface area contributed by atoms with Crippen LogP contribution in [0.2, 0.25) is 0 Å². The van der Waals surface area contributed by atoms with Crippen LogP contribution in [0.3, 0.4) is 0 Å². The Labute approximate surface area is 168 Å². The number of carbonyl (C=O) groups is 1. The Balaban J connectivity index is 1.28. The second-order valence-electron chi connectivity index (χ2n) is 7.99. The summed E-state index contributed by atoms with van der Waals surface area (Å²) < 4.78 is 5.20. The van der Waals surface area contributed by atoms with E-state index in [1.54, 1.807) is 7.11 Å². The van der Waals surface area contributed by atoms with Crippen molar-refractivity contribution in [3.8, 4) is 0 Å². The van der Waals surface area contributed by atoms with Gasteiger partial charge in [0.2, 0.25) is 0 Å². The van der Waals surface area contributed by atoms with Crippen molar-refractivity contribution in [3.05, 3.63) is 24.3 Å². The molecule has 2 amide bonds. The molecule has 0 saturated carbocycles. The summed E-state index contributed by atoms with van der Waals surface area (Å²) in [5.41, 5.74) is 2.24. The molecule has 3 heterocycles. The Bertz CT molecular complexity index is 654. The molecule has 28 heavy (non-hydrogen) atoms. The van der Waals surface area contributed by atoms with Crippen LogP contribution in [-0.2, 0) is 4.74 Å². The van der Waals surface area contributed by atoms with E-state index in [0.717, 1.165) is 58.1 Å². The third-order valence-electron chi connectivity index (χ3n) is 6.36. The molecule has 3 saturated heterocycles. The predicted octanol–water partition coefficient (Wildman–Crippen LogP) is 1.45.